The second-order valence-electron chi connectivity index (χ2n) is 3.87. The number of nitro groups is 1. The van der Waals surface area contributed by atoms with Crippen molar-refractivity contribution < 1.29 is 14.5 Å². The number of hydrogen-bond acceptors (Lipinski definition) is 4. The zero-order chi connectivity index (χ0) is 14.4. The summed E-state index contributed by atoms with van der Waals surface area (Å²) in [5.74, 6) is -0.346. The Kier molecular flexibility index (Phi) is 5.97. The molecule has 1 amide bonds. The molecule has 0 saturated heterocycles. The van der Waals surface area contributed by atoms with Crippen LogP contribution in [0, 0.1) is 10.1 Å². The first-order chi connectivity index (χ1) is 9.02. The highest BCUT2D eigenvalue weighted by Gasteiger charge is 2.24. The number of amides is 1. The molecule has 1 rings (SSSR count). The molecule has 0 N–H and O–H groups in total. The van der Waals surface area contributed by atoms with Crippen LogP contribution in [0.5, 0.6) is 0 Å². The monoisotopic (exact) mass is 333 g/mol. The van der Waals surface area contributed by atoms with E-state index in [2.05, 4.69) is 15.9 Å². The molecule has 0 aromatic carbocycles. The first-order valence-corrected chi connectivity index (χ1v) is 6.79. The second-order valence-corrected chi connectivity index (χ2v) is 4.66. The molecule has 7 nitrogen and oxygen atoms in total. The van der Waals surface area contributed by atoms with Crippen molar-refractivity contribution in [2.24, 2.45) is 7.05 Å². The zero-order valence-corrected chi connectivity index (χ0v) is 12.4. The number of rotatable bonds is 7. The molecule has 0 aliphatic heterocycles. The third kappa shape index (κ3) is 3.77. The van der Waals surface area contributed by atoms with Gasteiger partial charge in [0.15, 0.2) is 5.69 Å². The third-order valence-electron chi connectivity index (χ3n) is 2.71. The van der Waals surface area contributed by atoms with E-state index in [0.29, 0.717) is 30.7 Å². The van der Waals surface area contributed by atoms with Crippen LogP contribution >= 0.6 is 15.9 Å². The number of nitrogens with zero attached hydrogens (tertiary/aromatic N) is 3. The largest absolute Gasteiger partial charge is 0.383 e. The van der Waals surface area contributed by atoms with Gasteiger partial charge in [-0.25, -0.2) is 4.57 Å². The summed E-state index contributed by atoms with van der Waals surface area (Å²) in [6, 6.07) is 2.80. The van der Waals surface area contributed by atoms with Gasteiger partial charge in [-0.1, -0.05) is 15.9 Å². The summed E-state index contributed by atoms with van der Waals surface area (Å²) in [5.41, 5.74) is 0.295. The van der Waals surface area contributed by atoms with Gasteiger partial charge >= 0.3 is 5.82 Å². The predicted molar refractivity (Wildman–Crippen MR) is 73.6 cm³/mol. The third-order valence-corrected chi connectivity index (χ3v) is 3.06. The molecule has 0 spiro atoms. The van der Waals surface area contributed by atoms with Crippen molar-refractivity contribution >= 4 is 27.7 Å². The lowest BCUT2D eigenvalue weighted by molar-refractivity contribution is -0.391. The molecule has 1 aromatic heterocycles. The van der Waals surface area contributed by atoms with E-state index >= 15 is 0 Å². The Morgan fingerprint density at radius 3 is 2.68 bits per heavy atom. The molecule has 0 aliphatic rings. The maximum atomic E-state index is 12.3. The lowest BCUT2D eigenvalue weighted by Crippen LogP contribution is -2.36. The summed E-state index contributed by atoms with van der Waals surface area (Å²) >= 11 is 3.28. The molecule has 0 radical (unpaired) electrons. The highest BCUT2D eigenvalue weighted by atomic mass is 79.9. The van der Waals surface area contributed by atoms with Crippen molar-refractivity contribution in [3.63, 3.8) is 0 Å². The Morgan fingerprint density at radius 2 is 2.21 bits per heavy atom. The molecule has 1 aromatic rings. The van der Waals surface area contributed by atoms with Crippen molar-refractivity contribution in [2.45, 2.75) is 0 Å². The van der Waals surface area contributed by atoms with Crippen molar-refractivity contribution in [3.05, 3.63) is 27.9 Å². The molecule has 19 heavy (non-hydrogen) atoms. The average molecular weight is 334 g/mol. The number of alkyl halides is 1. The van der Waals surface area contributed by atoms with E-state index < -0.39 is 4.92 Å². The van der Waals surface area contributed by atoms with Gasteiger partial charge in [-0.15, -0.1) is 0 Å². The maximum absolute atomic E-state index is 12.3. The number of methoxy groups -OCH3 is 1. The lowest BCUT2D eigenvalue weighted by atomic mass is 10.3. The standard InChI is InChI=1S/C11H16BrN3O4/c1-13-9(3-4-10(13)15(17)18)11(16)14(6-5-12)7-8-19-2/h3-4H,5-8H2,1-2H3. The average Bonchev–Trinajstić information content (AvgIpc) is 2.75. The topological polar surface area (TPSA) is 77.6 Å². The molecule has 0 atom stereocenters. The van der Waals surface area contributed by atoms with E-state index in [1.807, 2.05) is 0 Å². The van der Waals surface area contributed by atoms with Crippen LogP contribution in [-0.2, 0) is 11.8 Å². The van der Waals surface area contributed by atoms with Crippen LogP contribution in [0.3, 0.4) is 0 Å². The summed E-state index contributed by atoms with van der Waals surface area (Å²) in [7, 11) is 3.07. The van der Waals surface area contributed by atoms with Crippen LogP contribution in [0.15, 0.2) is 12.1 Å². The fraction of sp³-hybridized carbons (Fsp3) is 0.545. The number of hydrogen-bond donors (Lipinski definition) is 0. The van der Waals surface area contributed by atoms with E-state index in [4.69, 9.17) is 4.74 Å². The van der Waals surface area contributed by atoms with Crippen LogP contribution in [0.4, 0.5) is 5.82 Å². The Labute approximate surface area is 119 Å². The Balaban J connectivity index is 2.92. The zero-order valence-electron chi connectivity index (χ0n) is 10.8. The van der Waals surface area contributed by atoms with Crippen molar-refractivity contribution in [1.82, 2.24) is 9.47 Å². The first-order valence-electron chi connectivity index (χ1n) is 5.67. The van der Waals surface area contributed by atoms with Gasteiger partial charge in [0.25, 0.3) is 5.91 Å². The summed E-state index contributed by atoms with van der Waals surface area (Å²) in [6.45, 7) is 1.38. The SMILES string of the molecule is COCCN(CCBr)C(=O)c1ccc([N+](=O)[O-])n1C. The van der Waals surface area contributed by atoms with Gasteiger partial charge in [-0.05, 0) is 11.0 Å². The summed E-state index contributed by atoms with van der Waals surface area (Å²) in [6.07, 6.45) is 0. The molecule has 0 aliphatic carbocycles. The number of carbonyl (C=O) groups excluding carboxylic acids is 1. The van der Waals surface area contributed by atoms with Gasteiger partial charge in [0.05, 0.1) is 13.7 Å². The second kappa shape index (κ2) is 7.25. The predicted octanol–water partition coefficient (Wildman–Crippen LogP) is 1.42. The fourth-order valence-corrected chi connectivity index (χ4v) is 2.11. The quantitative estimate of drug-likeness (QED) is 0.429. The van der Waals surface area contributed by atoms with Gasteiger partial charge in [-0.3, -0.25) is 4.79 Å². The van der Waals surface area contributed by atoms with Crippen molar-refractivity contribution in [1.29, 1.82) is 0 Å². The Bertz CT molecular complexity index is 461. The molecule has 1 heterocycles. The van der Waals surface area contributed by atoms with Crippen LogP contribution in [-0.4, -0.2) is 52.4 Å². The normalized spacial score (nSPS) is 10.5. The minimum atomic E-state index is -0.513. The number of ether oxygens (including phenoxy) is 1. The minimum absolute atomic E-state index is 0.103. The van der Waals surface area contributed by atoms with Crippen LogP contribution < -0.4 is 0 Å². The van der Waals surface area contributed by atoms with E-state index in [-0.39, 0.29) is 11.7 Å². The molecule has 8 heteroatoms. The molecular formula is C11H16BrN3O4. The smallest absolute Gasteiger partial charge is 0.323 e. The maximum Gasteiger partial charge on any atom is 0.323 e. The molecule has 0 unspecified atom stereocenters. The fourth-order valence-electron chi connectivity index (χ4n) is 1.68. The summed E-state index contributed by atoms with van der Waals surface area (Å²) < 4.78 is 6.24. The van der Waals surface area contributed by atoms with Gasteiger partial charge in [-0.2, -0.15) is 0 Å². The first kappa shape index (κ1) is 15.6. The van der Waals surface area contributed by atoms with Crippen LogP contribution in [0.2, 0.25) is 0 Å². The molecular weight excluding hydrogens is 318 g/mol. The van der Waals surface area contributed by atoms with E-state index in [1.165, 1.54) is 23.7 Å². The summed E-state index contributed by atoms with van der Waals surface area (Å²) in [5, 5.41) is 11.4. The van der Waals surface area contributed by atoms with Gasteiger partial charge in [0.2, 0.25) is 0 Å². The minimum Gasteiger partial charge on any atom is -0.383 e. The molecule has 0 saturated carbocycles. The van der Waals surface area contributed by atoms with E-state index in [9.17, 15) is 14.9 Å². The van der Waals surface area contributed by atoms with Gasteiger partial charge in [0.1, 0.15) is 0 Å². The van der Waals surface area contributed by atoms with Gasteiger partial charge < -0.3 is 19.8 Å². The Morgan fingerprint density at radius 1 is 1.53 bits per heavy atom. The number of halogens is 1. The Hall–Kier alpha value is -1.41. The highest BCUT2D eigenvalue weighted by molar-refractivity contribution is 9.09. The van der Waals surface area contributed by atoms with E-state index in [0.717, 1.165) is 0 Å². The van der Waals surface area contributed by atoms with Gasteiger partial charge in [0, 0.05) is 31.6 Å². The summed E-state index contributed by atoms with van der Waals surface area (Å²) in [4.78, 5) is 24.1. The molecule has 0 fully saturated rings. The van der Waals surface area contributed by atoms with E-state index in [1.54, 1.807) is 12.0 Å². The highest BCUT2D eigenvalue weighted by Crippen LogP contribution is 2.16. The van der Waals surface area contributed by atoms with Crippen molar-refractivity contribution in [3.8, 4) is 0 Å². The number of aromatic nitrogens is 1. The van der Waals surface area contributed by atoms with Crippen molar-refractivity contribution in [2.75, 3.05) is 32.1 Å². The molecule has 0 bridgehead atoms. The van der Waals surface area contributed by atoms with Crippen LogP contribution in [0.25, 0.3) is 0 Å². The molecule has 106 valence electrons. The number of carbonyl (C=O) groups is 1. The lowest BCUT2D eigenvalue weighted by Gasteiger charge is -2.20. The van der Waals surface area contributed by atoms with Crippen LogP contribution in [0.1, 0.15) is 10.5 Å².